The smallest absolute Gasteiger partial charge is 0.394 e. The maximum Gasteiger partial charge on any atom is 0.501 e. The number of nitrogens with one attached hydrogen (secondary N) is 1. The fourth-order valence-corrected chi connectivity index (χ4v) is 2.21. The molecule has 0 radical (unpaired) electrons. The highest BCUT2D eigenvalue weighted by Crippen LogP contribution is 2.34. The minimum absolute atomic E-state index is 0.287. The van der Waals surface area contributed by atoms with Crippen LogP contribution in [0.15, 0.2) is 23.1 Å². The maximum absolute atomic E-state index is 13.0. The first-order valence-electron chi connectivity index (χ1n) is 5.08. The van der Waals surface area contributed by atoms with E-state index >= 15 is 0 Å². The quantitative estimate of drug-likeness (QED) is 0.834. The molecule has 0 saturated carbocycles. The Hall–Kier alpha value is -1.35. The summed E-state index contributed by atoms with van der Waals surface area (Å²) < 4.78 is 73.0. The summed E-state index contributed by atoms with van der Waals surface area (Å²) >= 11 is 0. The molecule has 1 unspecified atom stereocenters. The average molecular weight is 301 g/mol. The second-order valence-corrected chi connectivity index (χ2v) is 5.73. The Morgan fingerprint density at radius 3 is 2.42 bits per heavy atom. The first kappa shape index (κ1) is 15.7. The van der Waals surface area contributed by atoms with Gasteiger partial charge in [-0.25, -0.2) is 12.8 Å². The molecule has 2 N–H and O–H groups in total. The van der Waals surface area contributed by atoms with Gasteiger partial charge < -0.3 is 10.4 Å². The van der Waals surface area contributed by atoms with Crippen molar-refractivity contribution in [2.45, 2.75) is 23.4 Å². The zero-order valence-corrected chi connectivity index (χ0v) is 10.5. The summed E-state index contributed by atoms with van der Waals surface area (Å²) in [5.74, 6) is -1.11. The van der Waals surface area contributed by atoms with Crippen LogP contribution >= 0.6 is 0 Å². The van der Waals surface area contributed by atoms with Gasteiger partial charge in [-0.2, -0.15) is 13.2 Å². The maximum atomic E-state index is 13.0. The van der Waals surface area contributed by atoms with E-state index in [4.69, 9.17) is 5.11 Å². The Kier molecular flexibility index (Phi) is 4.41. The second kappa shape index (κ2) is 5.33. The zero-order chi connectivity index (χ0) is 14.8. The van der Waals surface area contributed by atoms with Gasteiger partial charge in [0.1, 0.15) is 10.7 Å². The summed E-state index contributed by atoms with van der Waals surface area (Å²) in [5.41, 5.74) is -5.94. The molecule has 0 amide bonds. The third kappa shape index (κ3) is 3.35. The number of anilines is 1. The highest BCUT2D eigenvalue weighted by atomic mass is 32.2. The van der Waals surface area contributed by atoms with Gasteiger partial charge in [0.15, 0.2) is 0 Å². The number of benzene rings is 1. The highest BCUT2D eigenvalue weighted by molar-refractivity contribution is 7.92. The van der Waals surface area contributed by atoms with E-state index in [1.54, 1.807) is 0 Å². The lowest BCUT2D eigenvalue weighted by Crippen LogP contribution is -2.26. The van der Waals surface area contributed by atoms with Gasteiger partial charge in [-0.3, -0.25) is 0 Å². The van der Waals surface area contributed by atoms with Gasteiger partial charge in [-0.15, -0.1) is 0 Å². The van der Waals surface area contributed by atoms with Gasteiger partial charge in [0.25, 0.3) is 9.84 Å². The molecular weight excluding hydrogens is 290 g/mol. The molecule has 108 valence electrons. The molecule has 0 aliphatic carbocycles. The van der Waals surface area contributed by atoms with Gasteiger partial charge in [-0.1, -0.05) is 0 Å². The molecule has 0 aromatic heterocycles. The van der Waals surface area contributed by atoms with Gasteiger partial charge in [-0.05, 0) is 25.1 Å². The fraction of sp³-hybridized carbons (Fsp3) is 0.400. The highest BCUT2D eigenvalue weighted by Gasteiger charge is 2.48. The van der Waals surface area contributed by atoms with Crippen LogP contribution in [0.25, 0.3) is 0 Å². The van der Waals surface area contributed by atoms with Crippen LogP contribution in [-0.4, -0.2) is 31.7 Å². The standard InChI is InChI=1S/C10H11F4NO3S/c1-6(5-16)15-8-3-2-7(11)4-9(8)19(17,18)10(12,13)14/h2-4,6,15-16H,5H2,1H3. The number of sulfone groups is 1. The Labute approximate surface area is 107 Å². The molecule has 4 nitrogen and oxygen atoms in total. The lowest BCUT2D eigenvalue weighted by Gasteiger charge is -2.17. The summed E-state index contributed by atoms with van der Waals surface area (Å²) in [5, 5.41) is 11.2. The van der Waals surface area contributed by atoms with Crippen molar-refractivity contribution in [1.29, 1.82) is 0 Å². The predicted octanol–water partition coefficient (Wildman–Crippen LogP) is 1.91. The van der Waals surface area contributed by atoms with Crippen LogP contribution in [0.3, 0.4) is 0 Å². The lowest BCUT2D eigenvalue weighted by atomic mass is 10.2. The third-order valence-corrected chi connectivity index (χ3v) is 3.74. The van der Waals surface area contributed by atoms with Crippen LogP contribution < -0.4 is 5.32 Å². The van der Waals surface area contributed by atoms with Crippen molar-refractivity contribution in [2.75, 3.05) is 11.9 Å². The molecule has 0 saturated heterocycles. The lowest BCUT2D eigenvalue weighted by molar-refractivity contribution is -0.0435. The molecule has 0 heterocycles. The Morgan fingerprint density at radius 1 is 1.37 bits per heavy atom. The summed E-state index contributed by atoms with van der Waals surface area (Å²) in [6, 6.07) is 1.30. The molecule has 0 bridgehead atoms. The van der Waals surface area contributed by atoms with E-state index in [9.17, 15) is 26.0 Å². The van der Waals surface area contributed by atoms with Crippen molar-refractivity contribution in [3.8, 4) is 0 Å². The van der Waals surface area contributed by atoms with E-state index in [0.29, 0.717) is 0 Å². The summed E-state index contributed by atoms with van der Waals surface area (Å²) in [6.07, 6.45) is 0. The van der Waals surface area contributed by atoms with E-state index in [-0.39, 0.29) is 6.07 Å². The molecule has 1 aromatic rings. The van der Waals surface area contributed by atoms with Crippen LogP contribution in [0, 0.1) is 5.82 Å². The molecule has 0 fully saturated rings. The third-order valence-electron chi connectivity index (χ3n) is 2.21. The van der Waals surface area contributed by atoms with Crippen molar-refractivity contribution in [3.63, 3.8) is 0 Å². The number of hydrogen-bond acceptors (Lipinski definition) is 4. The molecule has 1 aromatic carbocycles. The van der Waals surface area contributed by atoms with Gasteiger partial charge in [0.2, 0.25) is 0 Å². The SMILES string of the molecule is CC(CO)Nc1ccc(F)cc1S(=O)(=O)C(F)(F)F. The molecule has 9 heteroatoms. The van der Waals surface area contributed by atoms with Crippen molar-refractivity contribution in [2.24, 2.45) is 0 Å². The fourth-order valence-electron chi connectivity index (χ4n) is 1.27. The van der Waals surface area contributed by atoms with Crippen molar-refractivity contribution < 1.29 is 31.1 Å². The first-order chi connectivity index (χ1) is 8.59. The first-order valence-corrected chi connectivity index (χ1v) is 6.56. The molecule has 1 rings (SSSR count). The van der Waals surface area contributed by atoms with E-state index in [1.807, 2.05) is 0 Å². The molecule has 1 atom stereocenters. The van der Waals surface area contributed by atoms with Crippen LogP contribution in [0.4, 0.5) is 23.2 Å². The normalized spacial score (nSPS) is 14.2. The van der Waals surface area contributed by atoms with Crippen molar-refractivity contribution in [3.05, 3.63) is 24.0 Å². The van der Waals surface area contributed by atoms with Crippen LogP contribution in [0.1, 0.15) is 6.92 Å². The van der Waals surface area contributed by atoms with Gasteiger partial charge in [0.05, 0.1) is 12.3 Å². The zero-order valence-electron chi connectivity index (χ0n) is 9.70. The Morgan fingerprint density at radius 2 is 1.95 bits per heavy atom. The van der Waals surface area contributed by atoms with Crippen molar-refractivity contribution >= 4 is 15.5 Å². The summed E-state index contributed by atoms with van der Waals surface area (Å²) in [7, 11) is -5.67. The number of alkyl halides is 3. The summed E-state index contributed by atoms with van der Waals surface area (Å²) in [4.78, 5) is -1.21. The topological polar surface area (TPSA) is 66.4 Å². The minimum Gasteiger partial charge on any atom is -0.394 e. The number of aliphatic hydroxyl groups excluding tert-OH is 1. The van der Waals surface area contributed by atoms with E-state index < -0.39 is 44.4 Å². The van der Waals surface area contributed by atoms with E-state index in [1.165, 1.54) is 6.92 Å². The number of hydrogen-bond donors (Lipinski definition) is 2. The average Bonchev–Trinajstić information content (AvgIpc) is 2.29. The molecular formula is C10H11F4NO3S. The second-order valence-electron chi connectivity index (χ2n) is 3.82. The monoisotopic (exact) mass is 301 g/mol. The predicted molar refractivity (Wildman–Crippen MR) is 59.8 cm³/mol. The molecule has 0 spiro atoms. The number of halogens is 4. The minimum atomic E-state index is -5.67. The largest absolute Gasteiger partial charge is 0.501 e. The molecule has 0 aliphatic rings. The number of aliphatic hydroxyl groups is 1. The van der Waals surface area contributed by atoms with E-state index in [0.717, 1.165) is 12.1 Å². The van der Waals surface area contributed by atoms with Gasteiger partial charge in [0, 0.05) is 6.04 Å². The summed E-state index contributed by atoms with van der Waals surface area (Å²) in [6.45, 7) is 0.996. The Balaban J connectivity index is 3.37. The van der Waals surface area contributed by atoms with Crippen LogP contribution in [0.2, 0.25) is 0 Å². The van der Waals surface area contributed by atoms with Crippen molar-refractivity contribution in [1.82, 2.24) is 0 Å². The van der Waals surface area contributed by atoms with Gasteiger partial charge >= 0.3 is 5.51 Å². The number of rotatable bonds is 4. The Bertz CT molecular complexity index is 556. The van der Waals surface area contributed by atoms with E-state index in [2.05, 4.69) is 5.32 Å². The van der Waals surface area contributed by atoms with Crippen LogP contribution in [0.5, 0.6) is 0 Å². The molecule has 19 heavy (non-hydrogen) atoms. The molecule has 0 aliphatic heterocycles. The van der Waals surface area contributed by atoms with Crippen LogP contribution in [-0.2, 0) is 9.84 Å².